The Morgan fingerprint density at radius 3 is 2.46 bits per heavy atom. The zero-order chi connectivity index (χ0) is 28.3. The molecule has 1 aliphatic heterocycles. The van der Waals surface area contributed by atoms with E-state index in [4.69, 9.17) is 4.74 Å². The number of anilines is 1. The third kappa shape index (κ3) is 6.13. The fourth-order valence-corrected chi connectivity index (χ4v) is 4.77. The topological polar surface area (TPSA) is 93.5 Å². The molecule has 2 aromatic carbocycles. The van der Waals surface area contributed by atoms with Crippen LogP contribution in [-0.2, 0) is 35.2 Å². The van der Waals surface area contributed by atoms with E-state index in [2.05, 4.69) is 10.4 Å². The molecule has 3 aromatic rings. The predicted molar refractivity (Wildman–Crippen MR) is 138 cm³/mol. The molecule has 1 aliphatic rings. The maximum absolute atomic E-state index is 13.6. The number of nitrogens with zero attached hydrogens (tertiary/aromatic N) is 3. The van der Waals surface area contributed by atoms with Crippen molar-refractivity contribution < 1.29 is 32.3 Å². The number of aryl methyl sites for hydroxylation is 2. The average molecular weight is 543 g/mol. The summed E-state index contributed by atoms with van der Waals surface area (Å²) in [6, 6.07) is 10.2. The van der Waals surface area contributed by atoms with Crippen LogP contribution in [0, 0.1) is 6.92 Å². The second-order valence-corrected chi connectivity index (χ2v) is 9.48. The van der Waals surface area contributed by atoms with E-state index >= 15 is 0 Å². The molecule has 0 bridgehead atoms. The molecule has 1 atom stereocenters. The smallest absolute Gasteiger partial charge is 0.416 e. The van der Waals surface area contributed by atoms with Crippen LogP contribution in [0.1, 0.15) is 68.1 Å². The van der Waals surface area contributed by atoms with Gasteiger partial charge >= 0.3 is 12.1 Å². The summed E-state index contributed by atoms with van der Waals surface area (Å²) in [6.07, 6.45) is -3.50. The van der Waals surface area contributed by atoms with Gasteiger partial charge in [-0.3, -0.25) is 4.79 Å². The highest BCUT2D eigenvalue weighted by Gasteiger charge is 2.33. The van der Waals surface area contributed by atoms with Gasteiger partial charge in [0.25, 0.3) is 5.91 Å². The summed E-state index contributed by atoms with van der Waals surface area (Å²) in [6.45, 7) is 4.65. The standard InChI is InChI=1S/C28H29F3N4O4/c1-17(21-6-8-22(9-7-21)27(38)39-3)32-25(37)24-18(2)33-35-11-10-34(26(24)35)16-20-13-19(5-4-12-36)14-23(15-20)28(29,30)31/h6-9,12-15,17H,4-5,10-11,16H2,1-3H3,(H,32,37)/t17-/m0/s1. The number of esters is 1. The molecule has 39 heavy (non-hydrogen) atoms. The third-order valence-corrected chi connectivity index (χ3v) is 6.69. The molecule has 0 saturated heterocycles. The summed E-state index contributed by atoms with van der Waals surface area (Å²) in [5, 5.41) is 7.44. The van der Waals surface area contributed by atoms with Crippen LogP contribution in [0.5, 0.6) is 0 Å². The highest BCUT2D eigenvalue weighted by atomic mass is 19.4. The van der Waals surface area contributed by atoms with Crippen molar-refractivity contribution in [2.45, 2.75) is 52.0 Å². The van der Waals surface area contributed by atoms with Gasteiger partial charge in [0.1, 0.15) is 17.7 Å². The Bertz CT molecular complexity index is 1380. The first-order chi connectivity index (χ1) is 18.5. The number of carbonyl (C=O) groups is 3. The first-order valence-corrected chi connectivity index (χ1v) is 12.5. The van der Waals surface area contributed by atoms with Gasteiger partial charge in [-0.25, -0.2) is 9.48 Å². The summed E-state index contributed by atoms with van der Waals surface area (Å²) in [4.78, 5) is 37.7. The number of amides is 1. The lowest BCUT2D eigenvalue weighted by Crippen LogP contribution is -2.29. The lowest BCUT2D eigenvalue weighted by atomic mass is 10.0. The van der Waals surface area contributed by atoms with Crippen LogP contribution in [0.4, 0.5) is 19.0 Å². The number of alkyl halides is 3. The maximum atomic E-state index is 13.6. The van der Waals surface area contributed by atoms with Crippen LogP contribution >= 0.6 is 0 Å². The van der Waals surface area contributed by atoms with Crippen LogP contribution in [0.2, 0.25) is 0 Å². The Balaban J connectivity index is 1.57. The first kappa shape index (κ1) is 27.9. The number of fused-ring (bicyclic) bond motifs is 1. The second kappa shape index (κ2) is 11.3. The van der Waals surface area contributed by atoms with E-state index in [0.717, 1.165) is 17.7 Å². The van der Waals surface area contributed by atoms with Gasteiger partial charge < -0.3 is 19.7 Å². The Morgan fingerprint density at radius 2 is 1.82 bits per heavy atom. The van der Waals surface area contributed by atoms with Crippen molar-refractivity contribution in [2.24, 2.45) is 0 Å². The number of ether oxygens (including phenoxy) is 1. The van der Waals surface area contributed by atoms with E-state index in [1.807, 2.05) is 11.8 Å². The fraction of sp³-hybridized carbons (Fsp3) is 0.357. The van der Waals surface area contributed by atoms with Gasteiger partial charge in [-0.1, -0.05) is 18.2 Å². The van der Waals surface area contributed by atoms with E-state index in [0.29, 0.717) is 53.1 Å². The van der Waals surface area contributed by atoms with Crippen LogP contribution in [0.15, 0.2) is 42.5 Å². The number of carbonyl (C=O) groups excluding carboxylic acids is 3. The number of aromatic nitrogens is 2. The highest BCUT2D eigenvalue weighted by molar-refractivity contribution is 6.00. The highest BCUT2D eigenvalue weighted by Crippen LogP contribution is 2.34. The second-order valence-electron chi connectivity index (χ2n) is 9.48. The van der Waals surface area contributed by atoms with Crippen molar-refractivity contribution in [1.82, 2.24) is 15.1 Å². The van der Waals surface area contributed by atoms with Crippen molar-refractivity contribution in [2.75, 3.05) is 18.6 Å². The minimum absolute atomic E-state index is 0.129. The van der Waals surface area contributed by atoms with Crippen LogP contribution in [-0.4, -0.2) is 41.6 Å². The van der Waals surface area contributed by atoms with E-state index in [-0.39, 0.29) is 25.3 Å². The van der Waals surface area contributed by atoms with E-state index in [1.165, 1.54) is 7.11 Å². The lowest BCUT2D eigenvalue weighted by Gasteiger charge is -2.21. The maximum Gasteiger partial charge on any atom is 0.416 e. The molecule has 0 fully saturated rings. The molecule has 8 nitrogen and oxygen atoms in total. The monoisotopic (exact) mass is 542 g/mol. The van der Waals surface area contributed by atoms with Crippen molar-refractivity contribution >= 4 is 24.0 Å². The molecule has 0 unspecified atom stereocenters. The summed E-state index contributed by atoms with van der Waals surface area (Å²) in [5.74, 6) is -0.271. The van der Waals surface area contributed by atoms with Gasteiger partial charge in [0.2, 0.25) is 0 Å². The number of methoxy groups -OCH3 is 1. The molecule has 0 spiro atoms. The molecule has 0 radical (unpaired) electrons. The number of halogens is 3. The Hall–Kier alpha value is -4.15. The number of hydrogen-bond acceptors (Lipinski definition) is 6. The van der Waals surface area contributed by atoms with E-state index < -0.39 is 23.8 Å². The summed E-state index contributed by atoms with van der Waals surface area (Å²) in [7, 11) is 1.30. The quantitative estimate of drug-likeness (QED) is 0.313. The molecule has 206 valence electrons. The molecular formula is C28H29F3N4O4. The Morgan fingerprint density at radius 1 is 1.13 bits per heavy atom. The van der Waals surface area contributed by atoms with Crippen molar-refractivity contribution in [3.8, 4) is 0 Å². The third-order valence-electron chi connectivity index (χ3n) is 6.69. The molecule has 0 aliphatic carbocycles. The molecule has 2 heterocycles. The zero-order valence-electron chi connectivity index (χ0n) is 21.8. The minimum Gasteiger partial charge on any atom is -0.465 e. The number of rotatable bonds is 9. The van der Waals surface area contributed by atoms with E-state index in [1.54, 1.807) is 41.9 Å². The van der Waals surface area contributed by atoms with Crippen LogP contribution in [0.3, 0.4) is 0 Å². The minimum atomic E-state index is -4.52. The van der Waals surface area contributed by atoms with Crippen LogP contribution in [0.25, 0.3) is 0 Å². The molecule has 4 rings (SSSR count). The summed E-state index contributed by atoms with van der Waals surface area (Å²) >= 11 is 0. The summed E-state index contributed by atoms with van der Waals surface area (Å²) in [5.41, 5.74) is 2.14. The molecular weight excluding hydrogens is 513 g/mol. The van der Waals surface area contributed by atoms with Gasteiger partial charge in [0.15, 0.2) is 0 Å². The van der Waals surface area contributed by atoms with Gasteiger partial charge in [-0.05, 0) is 61.2 Å². The Labute approximate surface area is 223 Å². The lowest BCUT2D eigenvalue weighted by molar-refractivity contribution is -0.137. The average Bonchev–Trinajstić information content (AvgIpc) is 3.44. The largest absolute Gasteiger partial charge is 0.465 e. The molecule has 1 N–H and O–H groups in total. The summed E-state index contributed by atoms with van der Waals surface area (Å²) < 4.78 is 47.1. The number of hydrogen-bond donors (Lipinski definition) is 1. The van der Waals surface area contributed by atoms with Gasteiger partial charge in [-0.15, -0.1) is 0 Å². The predicted octanol–water partition coefficient (Wildman–Crippen LogP) is 4.64. The van der Waals surface area contributed by atoms with E-state index in [9.17, 15) is 27.6 Å². The molecule has 1 amide bonds. The SMILES string of the molecule is COC(=O)c1ccc([C@H](C)NC(=O)c2c(C)nn3c2N(Cc2cc(CCC=O)cc(C(F)(F)F)c2)CC3)cc1. The van der Waals surface area contributed by atoms with Gasteiger partial charge in [0.05, 0.1) is 36.5 Å². The number of aldehydes is 1. The zero-order valence-corrected chi connectivity index (χ0v) is 21.8. The molecule has 11 heteroatoms. The van der Waals surface area contributed by atoms with Crippen molar-refractivity contribution in [3.05, 3.63) is 81.5 Å². The van der Waals surface area contributed by atoms with Crippen molar-refractivity contribution in [1.29, 1.82) is 0 Å². The molecule has 1 aromatic heterocycles. The number of nitrogens with one attached hydrogen (secondary N) is 1. The normalized spacial score (nSPS) is 13.6. The molecule has 0 saturated carbocycles. The van der Waals surface area contributed by atoms with Gasteiger partial charge in [-0.2, -0.15) is 18.3 Å². The van der Waals surface area contributed by atoms with Gasteiger partial charge in [0, 0.05) is 19.5 Å². The number of benzene rings is 2. The first-order valence-electron chi connectivity index (χ1n) is 12.5. The Kier molecular flexibility index (Phi) is 8.08. The fourth-order valence-electron chi connectivity index (χ4n) is 4.77. The van der Waals surface area contributed by atoms with Crippen molar-refractivity contribution in [3.63, 3.8) is 0 Å². The van der Waals surface area contributed by atoms with Crippen LogP contribution < -0.4 is 10.2 Å².